The summed E-state index contributed by atoms with van der Waals surface area (Å²) in [6.45, 7) is 9.45. The molecule has 0 radical (unpaired) electrons. The molecule has 3 atom stereocenters. The number of rotatable bonds is 3. The van der Waals surface area contributed by atoms with Crippen LogP contribution in [0.15, 0.2) is 0 Å². The van der Waals surface area contributed by atoms with Crippen molar-refractivity contribution in [2.45, 2.75) is 58.0 Å². The third kappa shape index (κ3) is 3.41. The minimum absolute atomic E-state index is 0.0889. The average Bonchev–Trinajstić information content (AvgIpc) is 2.57. The molecule has 0 aromatic rings. The van der Waals surface area contributed by atoms with E-state index in [2.05, 4.69) is 31.0 Å². The number of hydrogen-bond acceptors (Lipinski definition) is 2. The van der Waals surface area contributed by atoms with E-state index in [9.17, 15) is 8.78 Å². The van der Waals surface area contributed by atoms with Gasteiger partial charge >= 0.3 is 0 Å². The summed E-state index contributed by atoms with van der Waals surface area (Å²) in [6, 6.07) is 0.970. The van der Waals surface area contributed by atoms with Gasteiger partial charge in [0.2, 0.25) is 5.92 Å². The molecule has 0 aromatic carbocycles. The van der Waals surface area contributed by atoms with Crippen molar-refractivity contribution in [3.8, 4) is 0 Å². The highest BCUT2D eigenvalue weighted by Gasteiger charge is 2.41. The van der Waals surface area contributed by atoms with E-state index in [4.69, 9.17) is 0 Å². The maximum atomic E-state index is 13.3. The minimum atomic E-state index is -2.41. The van der Waals surface area contributed by atoms with Crippen molar-refractivity contribution < 1.29 is 8.78 Å². The van der Waals surface area contributed by atoms with Gasteiger partial charge in [-0.15, -0.1) is 0 Å². The Morgan fingerprint density at radius 1 is 1.39 bits per heavy atom. The monoisotopic (exact) mass is 260 g/mol. The molecule has 106 valence electrons. The predicted molar refractivity (Wildman–Crippen MR) is 70.0 cm³/mol. The SMILES string of the molecule is CC1CN(CC2CCC(F)(F)C2)C(C(C)C)CN1. The number of halogens is 2. The molecule has 0 amide bonds. The fourth-order valence-electron chi connectivity index (χ4n) is 3.40. The Kier molecular flexibility index (Phi) is 4.27. The van der Waals surface area contributed by atoms with Gasteiger partial charge in [-0.25, -0.2) is 8.78 Å². The number of alkyl halides is 2. The van der Waals surface area contributed by atoms with E-state index < -0.39 is 5.92 Å². The van der Waals surface area contributed by atoms with E-state index in [-0.39, 0.29) is 18.8 Å². The van der Waals surface area contributed by atoms with Crippen molar-refractivity contribution in [3.05, 3.63) is 0 Å². The van der Waals surface area contributed by atoms with Crippen LogP contribution in [0.3, 0.4) is 0 Å². The molecular formula is C14H26F2N2. The van der Waals surface area contributed by atoms with E-state index in [0.29, 0.717) is 24.4 Å². The van der Waals surface area contributed by atoms with Crippen molar-refractivity contribution in [3.63, 3.8) is 0 Å². The second kappa shape index (κ2) is 5.41. The fraction of sp³-hybridized carbons (Fsp3) is 1.00. The van der Waals surface area contributed by atoms with E-state index >= 15 is 0 Å². The van der Waals surface area contributed by atoms with Gasteiger partial charge in [-0.05, 0) is 25.2 Å². The second-order valence-electron chi connectivity index (χ2n) is 6.54. The summed E-state index contributed by atoms with van der Waals surface area (Å²) in [7, 11) is 0. The molecule has 3 unspecified atom stereocenters. The quantitative estimate of drug-likeness (QED) is 0.839. The standard InChI is InChI=1S/C14H26F2N2/c1-10(2)13-7-17-11(3)8-18(13)9-12-4-5-14(15,16)6-12/h10-13,17H,4-9H2,1-3H3. The van der Waals surface area contributed by atoms with Crippen LogP contribution in [-0.2, 0) is 0 Å². The molecule has 1 heterocycles. The zero-order valence-corrected chi connectivity index (χ0v) is 11.8. The topological polar surface area (TPSA) is 15.3 Å². The maximum Gasteiger partial charge on any atom is 0.248 e. The first-order chi connectivity index (χ1) is 8.37. The summed E-state index contributed by atoms with van der Waals surface area (Å²) in [5.41, 5.74) is 0. The minimum Gasteiger partial charge on any atom is -0.311 e. The molecule has 4 heteroatoms. The largest absolute Gasteiger partial charge is 0.311 e. The van der Waals surface area contributed by atoms with Crippen molar-refractivity contribution in [2.75, 3.05) is 19.6 Å². The summed E-state index contributed by atoms with van der Waals surface area (Å²) in [6.07, 6.45) is 0.873. The highest BCUT2D eigenvalue weighted by atomic mass is 19.3. The molecule has 2 rings (SSSR count). The van der Waals surface area contributed by atoms with Crippen LogP contribution in [0.5, 0.6) is 0 Å². The maximum absolute atomic E-state index is 13.3. The molecule has 2 nitrogen and oxygen atoms in total. The molecule has 0 spiro atoms. The van der Waals surface area contributed by atoms with Crippen molar-refractivity contribution >= 4 is 0 Å². The Bertz CT molecular complexity index is 281. The van der Waals surface area contributed by atoms with Crippen LogP contribution in [0.4, 0.5) is 8.78 Å². The van der Waals surface area contributed by atoms with E-state index in [1.165, 1.54) is 0 Å². The first-order valence-corrected chi connectivity index (χ1v) is 7.22. The van der Waals surface area contributed by atoms with Crippen LogP contribution in [0.2, 0.25) is 0 Å². The molecule has 0 aromatic heterocycles. The van der Waals surface area contributed by atoms with Gasteiger partial charge < -0.3 is 5.32 Å². The molecule has 2 aliphatic rings. The first-order valence-electron chi connectivity index (χ1n) is 7.22. The molecule has 2 fully saturated rings. The summed E-state index contributed by atoms with van der Waals surface area (Å²) in [5.74, 6) is -1.64. The Morgan fingerprint density at radius 3 is 2.67 bits per heavy atom. The number of piperazine rings is 1. The smallest absolute Gasteiger partial charge is 0.248 e. The van der Waals surface area contributed by atoms with Crippen molar-refractivity contribution in [2.24, 2.45) is 11.8 Å². The van der Waals surface area contributed by atoms with E-state index in [1.54, 1.807) is 0 Å². The lowest BCUT2D eigenvalue weighted by atomic mass is 9.96. The van der Waals surface area contributed by atoms with Gasteiger partial charge in [0.25, 0.3) is 0 Å². The molecular weight excluding hydrogens is 234 g/mol. The van der Waals surface area contributed by atoms with Crippen LogP contribution < -0.4 is 5.32 Å². The van der Waals surface area contributed by atoms with Gasteiger partial charge in [0, 0.05) is 44.6 Å². The van der Waals surface area contributed by atoms with Crippen LogP contribution in [-0.4, -0.2) is 42.5 Å². The third-order valence-electron chi connectivity index (χ3n) is 4.42. The molecule has 1 aliphatic heterocycles. The van der Waals surface area contributed by atoms with Gasteiger partial charge in [-0.1, -0.05) is 13.8 Å². The zero-order valence-electron chi connectivity index (χ0n) is 11.8. The average molecular weight is 260 g/mol. The Morgan fingerprint density at radius 2 is 2.11 bits per heavy atom. The first kappa shape index (κ1) is 14.2. The normalized spacial score (nSPS) is 37.3. The predicted octanol–water partition coefficient (Wildman–Crippen LogP) is 2.74. The summed E-state index contributed by atoms with van der Waals surface area (Å²) >= 11 is 0. The van der Waals surface area contributed by atoms with Crippen molar-refractivity contribution in [1.29, 1.82) is 0 Å². The molecule has 1 saturated carbocycles. The highest BCUT2D eigenvalue weighted by Crippen LogP contribution is 2.39. The van der Waals surface area contributed by atoms with Crippen LogP contribution in [0.1, 0.15) is 40.0 Å². The van der Waals surface area contributed by atoms with E-state index in [1.807, 2.05) is 0 Å². The van der Waals surface area contributed by atoms with Crippen LogP contribution >= 0.6 is 0 Å². The number of nitrogens with one attached hydrogen (secondary N) is 1. The lowest BCUT2D eigenvalue weighted by molar-refractivity contribution is 0.000809. The highest BCUT2D eigenvalue weighted by molar-refractivity contribution is 4.90. The van der Waals surface area contributed by atoms with E-state index in [0.717, 1.165) is 19.6 Å². The summed E-state index contributed by atoms with van der Waals surface area (Å²) in [4.78, 5) is 2.44. The number of hydrogen-bond donors (Lipinski definition) is 1. The van der Waals surface area contributed by atoms with Crippen LogP contribution in [0, 0.1) is 11.8 Å². The Balaban J connectivity index is 1.93. The molecule has 0 bridgehead atoms. The second-order valence-corrected chi connectivity index (χ2v) is 6.54. The summed E-state index contributed by atoms with van der Waals surface area (Å²) in [5, 5.41) is 3.49. The third-order valence-corrected chi connectivity index (χ3v) is 4.42. The molecule has 1 N–H and O–H groups in total. The lowest BCUT2D eigenvalue weighted by Crippen LogP contribution is -2.58. The van der Waals surface area contributed by atoms with Gasteiger partial charge in [0.05, 0.1) is 0 Å². The molecule has 18 heavy (non-hydrogen) atoms. The van der Waals surface area contributed by atoms with Gasteiger partial charge in [-0.2, -0.15) is 0 Å². The Hall–Kier alpha value is -0.220. The zero-order chi connectivity index (χ0) is 13.3. The fourth-order valence-corrected chi connectivity index (χ4v) is 3.40. The van der Waals surface area contributed by atoms with Gasteiger partial charge in [0.1, 0.15) is 0 Å². The van der Waals surface area contributed by atoms with Crippen molar-refractivity contribution in [1.82, 2.24) is 10.2 Å². The van der Waals surface area contributed by atoms with Gasteiger partial charge in [0.15, 0.2) is 0 Å². The number of nitrogens with zero attached hydrogens (tertiary/aromatic N) is 1. The Labute approximate surface area is 109 Å². The van der Waals surface area contributed by atoms with Gasteiger partial charge in [-0.3, -0.25) is 4.90 Å². The molecule has 1 aliphatic carbocycles. The summed E-state index contributed by atoms with van der Waals surface area (Å²) < 4.78 is 26.5. The molecule has 1 saturated heterocycles. The van der Waals surface area contributed by atoms with Crippen LogP contribution in [0.25, 0.3) is 0 Å². The lowest BCUT2D eigenvalue weighted by Gasteiger charge is -2.42.